The standard InChI is InChI=1S/C18H17F2N7O2/c1-21-16(28)5-3-10-2-4-15(14(6-10)17-24-26-27-25-17)23-18(29)22-13-8-11(19)7-12(20)9-13/h2,4,6-9H,3,5H2,1H3,(H,21,28)(H2,22,23,29)(H,24,25,26,27). The summed E-state index contributed by atoms with van der Waals surface area (Å²) in [5.74, 6) is -1.49. The minimum atomic E-state index is -0.812. The highest BCUT2D eigenvalue weighted by Crippen LogP contribution is 2.27. The molecular formula is C18H17F2N7O2. The highest BCUT2D eigenvalue weighted by Gasteiger charge is 2.14. The van der Waals surface area contributed by atoms with Gasteiger partial charge in [-0.1, -0.05) is 6.07 Å². The number of amides is 3. The molecule has 0 bridgehead atoms. The molecule has 150 valence electrons. The minimum Gasteiger partial charge on any atom is -0.359 e. The first-order valence-corrected chi connectivity index (χ1v) is 8.56. The van der Waals surface area contributed by atoms with Crippen molar-refractivity contribution in [2.24, 2.45) is 0 Å². The number of nitrogens with zero attached hydrogens (tertiary/aromatic N) is 3. The molecular weight excluding hydrogens is 384 g/mol. The van der Waals surface area contributed by atoms with E-state index in [2.05, 4.69) is 36.6 Å². The number of rotatable bonds is 6. The third kappa shape index (κ3) is 5.31. The summed E-state index contributed by atoms with van der Waals surface area (Å²) < 4.78 is 26.6. The first kappa shape index (κ1) is 19.9. The Hall–Kier alpha value is -3.89. The Labute approximate surface area is 163 Å². The van der Waals surface area contributed by atoms with Crippen LogP contribution in [0.4, 0.5) is 25.0 Å². The predicted octanol–water partition coefficient (Wildman–Crippen LogP) is 2.47. The monoisotopic (exact) mass is 401 g/mol. The number of nitrogens with one attached hydrogen (secondary N) is 4. The van der Waals surface area contributed by atoms with Crippen LogP contribution in [0.5, 0.6) is 0 Å². The number of aromatic nitrogens is 4. The maximum absolute atomic E-state index is 13.3. The van der Waals surface area contributed by atoms with Crippen LogP contribution in [-0.4, -0.2) is 39.6 Å². The zero-order valence-corrected chi connectivity index (χ0v) is 15.3. The zero-order chi connectivity index (χ0) is 20.8. The molecule has 0 radical (unpaired) electrons. The molecule has 0 saturated carbocycles. The van der Waals surface area contributed by atoms with Gasteiger partial charge in [-0.3, -0.25) is 4.79 Å². The van der Waals surface area contributed by atoms with Gasteiger partial charge in [0.2, 0.25) is 11.7 Å². The molecule has 0 fully saturated rings. The number of aromatic amines is 1. The number of H-pyrrole nitrogens is 1. The molecule has 0 saturated heterocycles. The molecule has 3 rings (SSSR count). The fourth-order valence-corrected chi connectivity index (χ4v) is 2.61. The number of carbonyl (C=O) groups excluding carboxylic acids is 2. The average Bonchev–Trinajstić information content (AvgIpc) is 3.20. The number of aryl methyl sites for hydroxylation is 1. The van der Waals surface area contributed by atoms with Gasteiger partial charge < -0.3 is 16.0 Å². The van der Waals surface area contributed by atoms with Crippen LogP contribution < -0.4 is 16.0 Å². The Bertz CT molecular complexity index is 1000. The third-order valence-electron chi connectivity index (χ3n) is 3.96. The van der Waals surface area contributed by atoms with Gasteiger partial charge in [0, 0.05) is 30.8 Å². The lowest BCUT2D eigenvalue weighted by Crippen LogP contribution is -2.20. The zero-order valence-electron chi connectivity index (χ0n) is 15.3. The van der Waals surface area contributed by atoms with Crippen LogP contribution in [-0.2, 0) is 11.2 Å². The predicted molar refractivity (Wildman–Crippen MR) is 101 cm³/mol. The summed E-state index contributed by atoms with van der Waals surface area (Å²) >= 11 is 0. The highest BCUT2D eigenvalue weighted by atomic mass is 19.1. The Balaban J connectivity index is 1.80. The second-order valence-electron chi connectivity index (χ2n) is 6.03. The van der Waals surface area contributed by atoms with Crippen molar-refractivity contribution in [1.29, 1.82) is 0 Å². The van der Waals surface area contributed by atoms with Crippen molar-refractivity contribution in [1.82, 2.24) is 25.9 Å². The summed E-state index contributed by atoms with van der Waals surface area (Å²) in [6.45, 7) is 0. The van der Waals surface area contributed by atoms with Crippen molar-refractivity contribution in [3.63, 3.8) is 0 Å². The van der Waals surface area contributed by atoms with Gasteiger partial charge in [-0.25, -0.2) is 13.6 Å². The summed E-state index contributed by atoms with van der Waals surface area (Å²) in [6, 6.07) is 7.06. The molecule has 0 spiro atoms. The van der Waals surface area contributed by atoms with E-state index in [1.165, 1.54) is 0 Å². The molecule has 9 nitrogen and oxygen atoms in total. The van der Waals surface area contributed by atoms with Crippen molar-refractivity contribution in [3.8, 4) is 11.4 Å². The quantitative estimate of drug-likeness (QED) is 0.505. The molecule has 1 heterocycles. The van der Waals surface area contributed by atoms with Gasteiger partial charge in [-0.05, 0) is 41.5 Å². The Morgan fingerprint density at radius 1 is 1.07 bits per heavy atom. The van der Waals surface area contributed by atoms with Crippen LogP contribution >= 0.6 is 0 Å². The SMILES string of the molecule is CNC(=O)CCc1ccc(NC(=O)Nc2cc(F)cc(F)c2)c(-c2nn[nH]n2)c1. The molecule has 4 N–H and O–H groups in total. The highest BCUT2D eigenvalue weighted by molar-refractivity contribution is 6.02. The van der Waals surface area contributed by atoms with Crippen LogP contribution in [0.25, 0.3) is 11.4 Å². The smallest absolute Gasteiger partial charge is 0.323 e. The Kier molecular flexibility index (Phi) is 6.07. The summed E-state index contributed by atoms with van der Waals surface area (Å²) in [7, 11) is 1.56. The summed E-state index contributed by atoms with van der Waals surface area (Å²) in [4.78, 5) is 23.7. The van der Waals surface area contributed by atoms with Gasteiger partial charge >= 0.3 is 6.03 Å². The molecule has 2 aromatic carbocycles. The first-order valence-electron chi connectivity index (χ1n) is 8.56. The number of tetrazole rings is 1. The van der Waals surface area contributed by atoms with Gasteiger partial charge in [-0.15, -0.1) is 10.2 Å². The van der Waals surface area contributed by atoms with Crippen molar-refractivity contribution in [3.05, 3.63) is 53.6 Å². The molecule has 3 aromatic rings. The van der Waals surface area contributed by atoms with Gasteiger partial charge in [0.15, 0.2) is 0 Å². The van der Waals surface area contributed by atoms with Crippen LogP contribution in [0.3, 0.4) is 0 Å². The van der Waals surface area contributed by atoms with Gasteiger partial charge in [0.25, 0.3) is 0 Å². The van der Waals surface area contributed by atoms with Crippen LogP contribution in [0.15, 0.2) is 36.4 Å². The summed E-state index contributed by atoms with van der Waals surface area (Å²) in [5, 5.41) is 21.2. The lowest BCUT2D eigenvalue weighted by Gasteiger charge is -2.12. The number of anilines is 2. The summed E-state index contributed by atoms with van der Waals surface area (Å²) in [6.07, 6.45) is 0.764. The van der Waals surface area contributed by atoms with Gasteiger partial charge in [0.1, 0.15) is 11.6 Å². The van der Waals surface area contributed by atoms with Gasteiger partial charge in [0.05, 0.1) is 5.69 Å². The van der Waals surface area contributed by atoms with Crippen LogP contribution in [0.2, 0.25) is 0 Å². The number of hydrogen-bond donors (Lipinski definition) is 4. The summed E-state index contributed by atoms with van der Waals surface area (Å²) in [5.41, 5.74) is 1.60. The molecule has 0 aliphatic carbocycles. The fraction of sp³-hybridized carbons (Fsp3) is 0.167. The normalized spacial score (nSPS) is 10.4. The van der Waals surface area contributed by atoms with E-state index < -0.39 is 17.7 Å². The fourth-order valence-electron chi connectivity index (χ4n) is 2.61. The van der Waals surface area contributed by atoms with Gasteiger partial charge in [-0.2, -0.15) is 5.21 Å². The molecule has 3 amide bonds. The lowest BCUT2D eigenvalue weighted by atomic mass is 10.0. The van der Waals surface area contributed by atoms with E-state index in [0.29, 0.717) is 30.2 Å². The minimum absolute atomic E-state index is 0.0386. The second-order valence-corrected chi connectivity index (χ2v) is 6.03. The maximum atomic E-state index is 13.3. The molecule has 29 heavy (non-hydrogen) atoms. The van der Waals surface area contributed by atoms with Crippen molar-refractivity contribution in [2.75, 3.05) is 17.7 Å². The van der Waals surface area contributed by atoms with Crippen LogP contribution in [0.1, 0.15) is 12.0 Å². The van der Waals surface area contributed by atoms with E-state index >= 15 is 0 Å². The maximum Gasteiger partial charge on any atom is 0.323 e. The van der Waals surface area contributed by atoms with E-state index in [1.54, 1.807) is 25.2 Å². The van der Waals surface area contributed by atoms with E-state index in [-0.39, 0.29) is 17.4 Å². The number of carbonyl (C=O) groups is 2. The first-order chi connectivity index (χ1) is 13.9. The van der Waals surface area contributed by atoms with Crippen molar-refractivity contribution < 1.29 is 18.4 Å². The largest absolute Gasteiger partial charge is 0.359 e. The third-order valence-corrected chi connectivity index (χ3v) is 3.96. The second kappa shape index (κ2) is 8.87. The lowest BCUT2D eigenvalue weighted by molar-refractivity contribution is -0.120. The van der Waals surface area contributed by atoms with E-state index in [0.717, 1.165) is 17.7 Å². The molecule has 1 aromatic heterocycles. The number of hydrogen-bond acceptors (Lipinski definition) is 5. The van der Waals surface area contributed by atoms with E-state index in [4.69, 9.17) is 0 Å². The number of benzene rings is 2. The molecule has 0 unspecified atom stereocenters. The van der Waals surface area contributed by atoms with Crippen LogP contribution in [0, 0.1) is 11.6 Å². The van der Waals surface area contributed by atoms with E-state index in [1.807, 2.05) is 0 Å². The molecule has 0 atom stereocenters. The number of urea groups is 1. The topological polar surface area (TPSA) is 125 Å². The molecule has 0 aliphatic heterocycles. The van der Waals surface area contributed by atoms with Crippen molar-refractivity contribution in [2.45, 2.75) is 12.8 Å². The average molecular weight is 401 g/mol. The number of halogens is 2. The van der Waals surface area contributed by atoms with E-state index in [9.17, 15) is 18.4 Å². The molecule has 11 heteroatoms. The van der Waals surface area contributed by atoms with Crippen molar-refractivity contribution >= 4 is 23.3 Å². The Morgan fingerprint density at radius 3 is 2.48 bits per heavy atom. The Morgan fingerprint density at radius 2 is 1.83 bits per heavy atom. The molecule has 0 aliphatic rings.